The summed E-state index contributed by atoms with van der Waals surface area (Å²) in [5.41, 5.74) is 0. The Hall–Kier alpha value is 0.350. The molecule has 0 aliphatic carbocycles. The quantitative estimate of drug-likeness (QED) is 0.600. The van der Waals surface area contributed by atoms with Gasteiger partial charge in [0.05, 0.1) is 0 Å². The van der Waals surface area contributed by atoms with E-state index in [1.54, 1.807) is 0 Å². The van der Waals surface area contributed by atoms with Crippen LogP contribution >= 0.6 is 12.6 Å². The molecule has 0 amide bonds. The van der Waals surface area contributed by atoms with Crippen LogP contribution in [0.3, 0.4) is 0 Å². The van der Waals surface area contributed by atoms with Crippen molar-refractivity contribution in [1.29, 1.82) is 0 Å². The first-order valence-corrected chi connectivity index (χ1v) is 5.16. The number of hydrogen-bond acceptors (Lipinski definition) is 1. The highest BCUT2D eigenvalue weighted by molar-refractivity contribution is 7.81. The van der Waals surface area contributed by atoms with Gasteiger partial charge in [-0.25, -0.2) is 0 Å². The normalized spacial score (nSPS) is 15.0. The number of rotatable bonds is 5. The van der Waals surface area contributed by atoms with Gasteiger partial charge >= 0.3 is 0 Å². The first-order valence-electron chi connectivity index (χ1n) is 4.72. The fourth-order valence-corrected chi connectivity index (χ4v) is 1.82. The van der Waals surface area contributed by atoms with Crippen molar-refractivity contribution in [3.63, 3.8) is 0 Å². The highest BCUT2D eigenvalue weighted by Crippen LogP contribution is 2.27. The van der Waals surface area contributed by atoms with Crippen LogP contribution in [0, 0.1) is 5.92 Å². The molecule has 0 heterocycles. The standard InChI is InChI=1S/C10H22S/c1-5-7-9(6-2)8-10(3,4)11/h9,11H,5-8H2,1-4H3. The lowest BCUT2D eigenvalue weighted by atomic mass is 9.90. The molecule has 1 unspecified atom stereocenters. The molecule has 0 saturated carbocycles. The van der Waals surface area contributed by atoms with Crippen LogP contribution in [0.4, 0.5) is 0 Å². The van der Waals surface area contributed by atoms with E-state index in [9.17, 15) is 0 Å². The summed E-state index contributed by atoms with van der Waals surface area (Å²) in [5, 5.41) is 0. The Bertz CT molecular complexity index is 91.5. The van der Waals surface area contributed by atoms with Crippen LogP contribution in [0.1, 0.15) is 53.4 Å². The van der Waals surface area contributed by atoms with Crippen LogP contribution in [0.25, 0.3) is 0 Å². The summed E-state index contributed by atoms with van der Waals surface area (Å²) in [6, 6.07) is 0. The van der Waals surface area contributed by atoms with E-state index in [2.05, 4.69) is 40.3 Å². The number of hydrogen-bond donors (Lipinski definition) is 1. The molecule has 0 spiro atoms. The third-order valence-electron chi connectivity index (χ3n) is 2.06. The molecule has 0 aromatic carbocycles. The first kappa shape index (κ1) is 11.4. The minimum Gasteiger partial charge on any atom is -0.173 e. The second-order valence-electron chi connectivity index (χ2n) is 4.08. The van der Waals surface area contributed by atoms with Crippen molar-refractivity contribution in [2.75, 3.05) is 0 Å². The van der Waals surface area contributed by atoms with Crippen LogP contribution < -0.4 is 0 Å². The average molecular weight is 174 g/mol. The molecular formula is C10H22S. The molecule has 0 aliphatic heterocycles. The fourth-order valence-electron chi connectivity index (χ4n) is 1.57. The van der Waals surface area contributed by atoms with Crippen molar-refractivity contribution in [1.82, 2.24) is 0 Å². The molecule has 0 radical (unpaired) electrons. The lowest BCUT2D eigenvalue weighted by Gasteiger charge is -2.23. The van der Waals surface area contributed by atoms with Gasteiger partial charge in [0.1, 0.15) is 0 Å². The zero-order chi connectivity index (χ0) is 8.91. The van der Waals surface area contributed by atoms with Crippen LogP contribution in [-0.2, 0) is 0 Å². The summed E-state index contributed by atoms with van der Waals surface area (Å²) in [4.78, 5) is 0. The molecule has 0 aromatic heterocycles. The maximum absolute atomic E-state index is 4.54. The Kier molecular flexibility index (Phi) is 5.24. The molecule has 68 valence electrons. The highest BCUT2D eigenvalue weighted by Gasteiger charge is 2.17. The minimum absolute atomic E-state index is 0.218. The number of thiol groups is 1. The van der Waals surface area contributed by atoms with Crippen LogP contribution in [0.5, 0.6) is 0 Å². The predicted octanol–water partition coefficient (Wildman–Crippen LogP) is 3.91. The predicted molar refractivity (Wildman–Crippen MR) is 56.4 cm³/mol. The van der Waals surface area contributed by atoms with Crippen molar-refractivity contribution < 1.29 is 0 Å². The zero-order valence-corrected chi connectivity index (χ0v) is 9.25. The Morgan fingerprint density at radius 2 is 1.82 bits per heavy atom. The molecule has 0 nitrogen and oxygen atoms in total. The van der Waals surface area contributed by atoms with Gasteiger partial charge in [-0.2, -0.15) is 12.6 Å². The topological polar surface area (TPSA) is 0 Å². The second-order valence-corrected chi connectivity index (χ2v) is 5.29. The summed E-state index contributed by atoms with van der Waals surface area (Å²) in [6.07, 6.45) is 5.22. The molecule has 1 heteroatoms. The van der Waals surface area contributed by atoms with E-state index in [-0.39, 0.29) is 4.75 Å². The molecule has 1 atom stereocenters. The van der Waals surface area contributed by atoms with Crippen molar-refractivity contribution in [3.8, 4) is 0 Å². The zero-order valence-electron chi connectivity index (χ0n) is 8.35. The van der Waals surface area contributed by atoms with Gasteiger partial charge < -0.3 is 0 Å². The van der Waals surface area contributed by atoms with Gasteiger partial charge in [0.2, 0.25) is 0 Å². The fraction of sp³-hybridized carbons (Fsp3) is 1.00. The van der Waals surface area contributed by atoms with Crippen LogP contribution in [0.15, 0.2) is 0 Å². The van der Waals surface area contributed by atoms with Crippen molar-refractivity contribution in [2.24, 2.45) is 5.92 Å². The van der Waals surface area contributed by atoms with Crippen molar-refractivity contribution >= 4 is 12.6 Å². The maximum atomic E-state index is 4.54. The van der Waals surface area contributed by atoms with E-state index in [1.165, 1.54) is 25.7 Å². The van der Waals surface area contributed by atoms with Gasteiger partial charge in [0.25, 0.3) is 0 Å². The third-order valence-corrected chi connectivity index (χ3v) is 2.25. The molecule has 0 bridgehead atoms. The van der Waals surface area contributed by atoms with Gasteiger partial charge in [0, 0.05) is 4.75 Å². The molecule has 0 aliphatic rings. The van der Waals surface area contributed by atoms with E-state index in [0.717, 1.165) is 5.92 Å². The Morgan fingerprint density at radius 1 is 1.27 bits per heavy atom. The lowest BCUT2D eigenvalue weighted by Crippen LogP contribution is -2.16. The summed E-state index contributed by atoms with van der Waals surface area (Å²) < 4.78 is 0.218. The Balaban J connectivity index is 3.68. The van der Waals surface area contributed by atoms with E-state index in [0.29, 0.717) is 0 Å². The lowest BCUT2D eigenvalue weighted by molar-refractivity contribution is 0.394. The van der Waals surface area contributed by atoms with Crippen LogP contribution in [-0.4, -0.2) is 4.75 Å². The van der Waals surface area contributed by atoms with Gasteiger partial charge in [-0.05, 0) is 12.3 Å². The van der Waals surface area contributed by atoms with Gasteiger partial charge in [-0.15, -0.1) is 0 Å². The monoisotopic (exact) mass is 174 g/mol. The van der Waals surface area contributed by atoms with Crippen molar-refractivity contribution in [2.45, 2.75) is 58.1 Å². The smallest absolute Gasteiger partial charge is 0.00758 e. The van der Waals surface area contributed by atoms with Crippen molar-refractivity contribution in [3.05, 3.63) is 0 Å². The third kappa shape index (κ3) is 6.74. The van der Waals surface area contributed by atoms with E-state index >= 15 is 0 Å². The molecule has 0 saturated heterocycles. The largest absolute Gasteiger partial charge is 0.173 e. The Labute approximate surface area is 77.2 Å². The molecule has 0 rings (SSSR count). The van der Waals surface area contributed by atoms with Gasteiger partial charge in [-0.3, -0.25) is 0 Å². The molecule has 0 fully saturated rings. The summed E-state index contributed by atoms with van der Waals surface area (Å²) in [5.74, 6) is 0.882. The van der Waals surface area contributed by atoms with Gasteiger partial charge in [0.15, 0.2) is 0 Å². The second kappa shape index (κ2) is 5.08. The maximum Gasteiger partial charge on any atom is 0.00758 e. The molecule has 11 heavy (non-hydrogen) atoms. The van der Waals surface area contributed by atoms with Crippen LogP contribution in [0.2, 0.25) is 0 Å². The summed E-state index contributed by atoms with van der Waals surface area (Å²) in [6.45, 7) is 8.94. The molecule has 0 N–H and O–H groups in total. The molecular weight excluding hydrogens is 152 g/mol. The Morgan fingerprint density at radius 3 is 2.09 bits per heavy atom. The first-order chi connectivity index (χ1) is 4.99. The summed E-state index contributed by atoms with van der Waals surface area (Å²) in [7, 11) is 0. The average Bonchev–Trinajstić information content (AvgIpc) is 1.84. The minimum atomic E-state index is 0.218. The van der Waals surface area contributed by atoms with E-state index in [4.69, 9.17) is 0 Å². The van der Waals surface area contributed by atoms with E-state index in [1.807, 2.05) is 0 Å². The highest BCUT2D eigenvalue weighted by atomic mass is 32.1. The van der Waals surface area contributed by atoms with Gasteiger partial charge in [-0.1, -0.05) is 47.0 Å². The molecule has 0 aromatic rings. The summed E-state index contributed by atoms with van der Waals surface area (Å²) >= 11 is 4.54. The van der Waals surface area contributed by atoms with E-state index < -0.39 is 0 Å². The SMILES string of the molecule is CCCC(CC)CC(C)(C)S.